The van der Waals surface area contributed by atoms with Crippen molar-refractivity contribution in [3.8, 4) is 0 Å². The van der Waals surface area contributed by atoms with E-state index in [2.05, 4.69) is 86.8 Å². The Kier molecular flexibility index (Phi) is 38.6. The number of unbranched alkanes of at least 4 members (excludes halogenated alkanes) is 16. The molecule has 0 saturated heterocycles. The van der Waals surface area contributed by atoms with E-state index >= 15 is 0 Å². The summed E-state index contributed by atoms with van der Waals surface area (Å²) >= 11 is 0. The predicted molar refractivity (Wildman–Crippen MR) is 214 cm³/mol. The SMILES string of the molecule is CC/C=C\C/C=C\C/C=C\C/C=C\C/C=C\C/C=C\CCCCCCCCCCCCCCC(=O)OC(CO)COC(=O)CCCCCCC. The smallest absolute Gasteiger partial charge is 0.306 e. The molecule has 0 aliphatic carbocycles. The Hall–Kier alpha value is -2.66. The summed E-state index contributed by atoms with van der Waals surface area (Å²) in [5, 5.41) is 9.47. The molecule has 0 bridgehead atoms. The monoisotopic (exact) mass is 697 g/mol. The third kappa shape index (κ3) is 38.1. The molecule has 1 unspecified atom stereocenters. The van der Waals surface area contributed by atoms with Gasteiger partial charge < -0.3 is 14.6 Å². The first-order valence-electron chi connectivity index (χ1n) is 20.5. The standard InChI is InChI=1S/C45H76O5/c1-3-5-7-9-10-11-12-13-14-15-16-17-18-19-20-21-22-23-24-25-26-27-28-29-30-31-32-33-34-36-38-40-45(48)50-43(41-46)42-49-44(47)39-37-35-8-6-4-2/h5,7,10-11,13-14,16-17,19-20,22-23,43,46H,3-4,6,8-9,12,15,18,21,24-42H2,1-2H3/b7-5-,11-10-,14-13-,17-16-,20-19-,23-22-. The summed E-state index contributed by atoms with van der Waals surface area (Å²) in [6, 6.07) is 0. The van der Waals surface area contributed by atoms with Crippen LogP contribution in [0.3, 0.4) is 0 Å². The maximum atomic E-state index is 12.1. The molecule has 0 saturated carbocycles. The molecule has 0 aliphatic heterocycles. The summed E-state index contributed by atoms with van der Waals surface area (Å²) in [5.74, 6) is -0.610. The molecular weight excluding hydrogens is 620 g/mol. The summed E-state index contributed by atoms with van der Waals surface area (Å²) < 4.78 is 10.5. The minimum absolute atomic E-state index is 0.0691. The third-order valence-electron chi connectivity index (χ3n) is 8.51. The first-order valence-corrected chi connectivity index (χ1v) is 20.5. The van der Waals surface area contributed by atoms with Crippen LogP contribution >= 0.6 is 0 Å². The summed E-state index contributed by atoms with van der Waals surface area (Å²) in [5.41, 5.74) is 0. The van der Waals surface area contributed by atoms with Crippen LogP contribution in [0.25, 0.3) is 0 Å². The van der Waals surface area contributed by atoms with Gasteiger partial charge in [0.25, 0.3) is 0 Å². The van der Waals surface area contributed by atoms with Gasteiger partial charge in [-0.3, -0.25) is 9.59 Å². The van der Waals surface area contributed by atoms with Crippen molar-refractivity contribution in [2.75, 3.05) is 13.2 Å². The Balaban J connectivity index is 3.50. The lowest BCUT2D eigenvalue weighted by molar-refractivity contribution is -0.161. The van der Waals surface area contributed by atoms with E-state index in [1.165, 1.54) is 77.0 Å². The van der Waals surface area contributed by atoms with Crippen LogP contribution in [0, 0.1) is 0 Å². The van der Waals surface area contributed by atoms with Gasteiger partial charge in [-0.1, -0.05) is 177 Å². The molecule has 0 aliphatic rings. The zero-order chi connectivity index (χ0) is 36.4. The molecule has 0 rings (SSSR count). The summed E-state index contributed by atoms with van der Waals surface area (Å²) in [7, 11) is 0. The minimum atomic E-state index is -0.769. The van der Waals surface area contributed by atoms with E-state index in [9.17, 15) is 14.7 Å². The molecule has 0 aromatic carbocycles. The highest BCUT2D eigenvalue weighted by Crippen LogP contribution is 2.14. The van der Waals surface area contributed by atoms with E-state index in [4.69, 9.17) is 9.47 Å². The zero-order valence-electron chi connectivity index (χ0n) is 32.4. The Morgan fingerprint density at radius 1 is 0.480 bits per heavy atom. The normalized spacial score (nSPS) is 12.9. The second-order valence-corrected chi connectivity index (χ2v) is 13.3. The van der Waals surface area contributed by atoms with Crippen molar-refractivity contribution >= 4 is 11.9 Å². The number of carbonyl (C=O) groups is 2. The minimum Gasteiger partial charge on any atom is -0.462 e. The molecule has 0 radical (unpaired) electrons. The van der Waals surface area contributed by atoms with Gasteiger partial charge in [0.1, 0.15) is 6.61 Å². The molecule has 0 heterocycles. The fourth-order valence-electron chi connectivity index (χ4n) is 5.44. The number of ether oxygens (including phenoxy) is 2. The van der Waals surface area contributed by atoms with Gasteiger partial charge in [-0.15, -0.1) is 0 Å². The van der Waals surface area contributed by atoms with Crippen LogP contribution in [0.5, 0.6) is 0 Å². The van der Waals surface area contributed by atoms with Crippen LogP contribution in [0.1, 0.15) is 181 Å². The first-order chi connectivity index (χ1) is 24.6. The molecule has 0 aromatic heterocycles. The van der Waals surface area contributed by atoms with E-state index in [0.29, 0.717) is 12.8 Å². The van der Waals surface area contributed by atoms with E-state index < -0.39 is 6.10 Å². The quantitative estimate of drug-likeness (QED) is 0.0401. The third-order valence-corrected chi connectivity index (χ3v) is 8.51. The Morgan fingerprint density at radius 2 is 0.860 bits per heavy atom. The summed E-state index contributed by atoms with van der Waals surface area (Å²) in [6.07, 6.45) is 54.4. The summed E-state index contributed by atoms with van der Waals surface area (Å²) in [6.45, 7) is 3.92. The lowest BCUT2D eigenvalue weighted by Crippen LogP contribution is -2.28. The van der Waals surface area contributed by atoms with Crippen LogP contribution in [0.15, 0.2) is 72.9 Å². The second kappa shape index (κ2) is 40.8. The predicted octanol–water partition coefficient (Wildman–Crippen LogP) is 13.0. The molecular formula is C45H76O5. The highest BCUT2D eigenvalue weighted by Gasteiger charge is 2.16. The Labute approximate surface area is 308 Å². The van der Waals surface area contributed by atoms with Crippen molar-refractivity contribution in [3.63, 3.8) is 0 Å². The van der Waals surface area contributed by atoms with Gasteiger partial charge in [-0.05, 0) is 64.2 Å². The second-order valence-electron chi connectivity index (χ2n) is 13.3. The average molecular weight is 697 g/mol. The molecule has 286 valence electrons. The van der Waals surface area contributed by atoms with Gasteiger partial charge in [-0.25, -0.2) is 0 Å². The number of rotatable bonds is 36. The average Bonchev–Trinajstić information content (AvgIpc) is 3.12. The number of allylic oxidation sites excluding steroid dienone is 12. The maximum absolute atomic E-state index is 12.1. The molecule has 50 heavy (non-hydrogen) atoms. The Bertz CT molecular complexity index is 926. The van der Waals surface area contributed by atoms with E-state index in [1.54, 1.807) is 0 Å². The lowest BCUT2D eigenvalue weighted by atomic mass is 10.0. The Morgan fingerprint density at radius 3 is 1.30 bits per heavy atom. The molecule has 0 aromatic rings. The summed E-state index contributed by atoms with van der Waals surface area (Å²) in [4.78, 5) is 24.0. The molecule has 0 amide bonds. The van der Waals surface area contributed by atoms with E-state index in [1.807, 2.05) is 0 Å². The van der Waals surface area contributed by atoms with Crippen molar-refractivity contribution < 1.29 is 24.2 Å². The largest absolute Gasteiger partial charge is 0.462 e. The number of hydrogen-bond acceptors (Lipinski definition) is 5. The fraction of sp³-hybridized carbons (Fsp3) is 0.689. The van der Waals surface area contributed by atoms with Crippen molar-refractivity contribution in [1.29, 1.82) is 0 Å². The van der Waals surface area contributed by atoms with Crippen LogP contribution in [0.4, 0.5) is 0 Å². The molecule has 1 N–H and O–H groups in total. The van der Waals surface area contributed by atoms with Gasteiger partial charge in [0, 0.05) is 12.8 Å². The van der Waals surface area contributed by atoms with Crippen molar-refractivity contribution in [2.45, 2.75) is 187 Å². The van der Waals surface area contributed by atoms with Gasteiger partial charge in [0.2, 0.25) is 0 Å². The van der Waals surface area contributed by atoms with Crippen molar-refractivity contribution in [3.05, 3.63) is 72.9 Å². The van der Waals surface area contributed by atoms with Gasteiger partial charge in [0.15, 0.2) is 6.10 Å². The van der Waals surface area contributed by atoms with E-state index in [-0.39, 0.29) is 25.2 Å². The first kappa shape index (κ1) is 47.3. The highest BCUT2D eigenvalue weighted by atomic mass is 16.6. The van der Waals surface area contributed by atoms with Crippen LogP contribution < -0.4 is 0 Å². The molecule has 1 atom stereocenters. The maximum Gasteiger partial charge on any atom is 0.306 e. The number of carbonyl (C=O) groups excluding carboxylic acids is 2. The van der Waals surface area contributed by atoms with Crippen LogP contribution in [-0.4, -0.2) is 36.4 Å². The number of aliphatic hydroxyl groups excluding tert-OH is 1. The molecule has 5 heteroatoms. The van der Waals surface area contributed by atoms with Crippen LogP contribution in [0.2, 0.25) is 0 Å². The molecule has 0 fully saturated rings. The van der Waals surface area contributed by atoms with Crippen LogP contribution in [-0.2, 0) is 19.1 Å². The van der Waals surface area contributed by atoms with Gasteiger partial charge >= 0.3 is 11.9 Å². The molecule has 5 nitrogen and oxygen atoms in total. The number of aliphatic hydroxyl groups is 1. The topological polar surface area (TPSA) is 72.8 Å². The highest BCUT2D eigenvalue weighted by molar-refractivity contribution is 5.70. The van der Waals surface area contributed by atoms with Gasteiger partial charge in [-0.2, -0.15) is 0 Å². The van der Waals surface area contributed by atoms with Crippen molar-refractivity contribution in [2.24, 2.45) is 0 Å². The van der Waals surface area contributed by atoms with E-state index in [0.717, 1.165) is 77.0 Å². The zero-order valence-corrected chi connectivity index (χ0v) is 32.4. The lowest BCUT2D eigenvalue weighted by Gasteiger charge is -2.15. The van der Waals surface area contributed by atoms with Crippen molar-refractivity contribution in [1.82, 2.24) is 0 Å². The number of esters is 2. The fourth-order valence-corrected chi connectivity index (χ4v) is 5.44. The molecule has 0 spiro atoms. The number of hydrogen-bond donors (Lipinski definition) is 1. The van der Waals surface area contributed by atoms with Gasteiger partial charge in [0.05, 0.1) is 6.61 Å².